The molecule has 2 N–H and O–H groups in total. The molecule has 0 saturated carbocycles. The van der Waals surface area contributed by atoms with Gasteiger partial charge in [0, 0.05) is 43.8 Å². The molecule has 4 nitrogen and oxygen atoms in total. The molecule has 3 rings (SSSR count). The van der Waals surface area contributed by atoms with Gasteiger partial charge < -0.3 is 15.4 Å². The van der Waals surface area contributed by atoms with Crippen molar-refractivity contribution in [2.75, 3.05) is 33.4 Å². The van der Waals surface area contributed by atoms with Crippen LogP contribution in [0.15, 0.2) is 53.5 Å². The number of hydrogen-bond donors (Lipinski definition) is 2. The maximum atomic E-state index is 13.4. The third kappa shape index (κ3) is 6.55. The molecular formula is C22H28ClFIN3O. The Morgan fingerprint density at radius 2 is 1.79 bits per heavy atom. The van der Waals surface area contributed by atoms with E-state index in [4.69, 9.17) is 16.3 Å². The molecule has 0 amide bonds. The molecule has 0 radical (unpaired) electrons. The van der Waals surface area contributed by atoms with Crippen LogP contribution < -0.4 is 10.6 Å². The van der Waals surface area contributed by atoms with E-state index in [2.05, 4.69) is 15.6 Å². The van der Waals surface area contributed by atoms with Crippen LogP contribution in [0.5, 0.6) is 0 Å². The average Bonchev–Trinajstić information content (AvgIpc) is 2.73. The molecule has 158 valence electrons. The number of rotatable bonds is 6. The van der Waals surface area contributed by atoms with E-state index in [1.807, 2.05) is 36.4 Å². The predicted octanol–water partition coefficient (Wildman–Crippen LogP) is 4.55. The number of nitrogens with zero attached hydrogens (tertiary/aromatic N) is 1. The van der Waals surface area contributed by atoms with Gasteiger partial charge in [0.2, 0.25) is 0 Å². The van der Waals surface area contributed by atoms with E-state index in [1.54, 1.807) is 7.05 Å². The molecule has 2 aromatic rings. The van der Waals surface area contributed by atoms with Gasteiger partial charge in [-0.15, -0.1) is 24.0 Å². The minimum Gasteiger partial charge on any atom is -0.381 e. The summed E-state index contributed by atoms with van der Waals surface area (Å²) in [5, 5.41) is 7.58. The second-order valence-corrected chi connectivity index (χ2v) is 7.50. The molecule has 1 fully saturated rings. The van der Waals surface area contributed by atoms with Crippen LogP contribution >= 0.6 is 35.6 Å². The molecule has 0 aliphatic carbocycles. The van der Waals surface area contributed by atoms with Gasteiger partial charge in [-0.2, -0.15) is 0 Å². The molecule has 0 atom stereocenters. The Morgan fingerprint density at radius 3 is 2.45 bits per heavy atom. The summed E-state index contributed by atoms with van der Waals surface area (Å²) in [6.07, 6.45) is 2.60. The van der Waals surface area contributed by atoms with Gasteiger partial charge >= 0.3 is 0 Å². The fourth-order valence-electron chi connectivity index (χ4n) is 3.62. The van der Waals surface area contributed by atoms with E-state index in [1.165, 1.54) is 12.1 Å². The normalized spacial score (nSPS) is 16.0. The monoisotopic (exact) mass is 531 g/mol. The van der Waals surface area contributed by atoms with Crippen LogP contribution in [0.1, 0.15) is 24.0 Å². The maximum absolute atomic E-state index is 13.4. The molecule has 1 heterocycles. The lowest BCUT2D eigenvalue weighted by Crippen LogP contribution is -2.48. The number of halogens is 3. The van der Waals surface area contributed by atoms with Crippen molar-refractivity contribution in [1.29, 1.82) is 0 Å². The fraction of sp³-hybridized carbons (Fsp3) is 0.409. The number of guanidine groups is 1. The number of hydrogen-bond acceptors (Lipinski definition) is 2. The maximum Gasteiger partial charge on any atom is 0.191 e. The summed E-state index contributed by atoms with van der Waals surface area (Å²) in [5.41, 5.74) is 2.15. The Hall–Kier alpha value is -1.38. The zero-order valence-corrected chi connectivity index (χ0v) is 19.7. The van der Waals surface area contributed by atoms with Gasteiger partial charge in [-0.25, -0.2) is 4.39 Å². The van der Waals surface area contributed by atoms with Gasteiger partial charge in [0.25, 0.3) is 0 Å². The summed E-state index contributed by atoms with van der Waals surface area (Å²) in [5.74, 6) is 0.538. The van der Waals surface area contributed by atoms with Crippen molar-refractivity contribution < 1.29 is 9.13 Å². The number of benzene rings is 2. The van der Waals surface area contributed by atoms with Gasteiger partial charge in [0.1, 0.15) is 5.82 Å². The van der Waals surface area contributed by atoms with Gasteiger partial charge in [-0.1, -0.05) is 41.9 Å². The predicted molar refractivity (Wildman–Crippen MR) is 128 cm³/mol. The largest absolute Gasteiger partial charge is 0.381 e. The lowest BCUT2D eigenvalue weighted by molar-refractivity contribution is 0.0513. The van der Waals surface area contributed by atoms with E-state index >= 15 is 0 Å². The topological polar surface area (TPSA) is 45.7 Å². The Bertz CT molecular complexity index is 795. The number of aliphatic imine (C=N–C) groups is 1. The summed E-state index contributed by atoms with van der Waals surface area (Å²) in [6.45, 7) is 2.86. The number of ether oxygens (including phenoxy) is 1. The first kappa shape index (κ1) is 23.9. The highest BCUT2D eigenvalue weighted by Crippen LogP contribution is 2.34. The Morgan fingerprint density at radius 1 is 1.10 bits per heavy atom. The van der Waals surface area contributed by atoms with E-state index < -0.39 is 0 Å². The van der Waals surface area contributed by atoms with Crippen molar-refractivity contribution in [2.24, 2.45) is 4.99 Å². The van der Waals surface area contributed by atoms with E-state index in [0.717, 1.165) is 47.9 Å². The molecule has 1 aliphatic heterocycles. The molecule has 7 heteroatoms. The highest BCUT2D eigenvalue weighted by molar-refractivity contribution is 14.0. The first-order chi connectivity index (χ1) is 13.6. The molecule has 29 heavy (non-hydrogen) atoms. The molecule has 0 aromatic heterocycles. The Kier molecular flexibility index (Phi) is 9.65. The summed E-state index contributed by atoms with van der Waals surface area (Å²) >= 11 is 6.22. The van der Waals surface area contributed by atoms with Gasteiger partial charge in [0.15, 0.2) is 5.96 Å². The highest BCUT2D eigenvalue weighted by Gasteiger charge is 2.34. The van der Waals surface area contributed by atoms with E-state index in [9.17, 15) is 4.39 Å². The fourth-order valence-corrected chi connectivity index (χ4v) is 3.85. The standard InChI is InChI=1S/C22H27ClFN3O.HI/c1-25-21(26-13-10-17-4-2-3-5-20(17)23)27-16-22(11-14-28-15-12-22)18-6-8-19(24)9-7-18;/h2-9H,10-16H2,1H3,(H2,25,26,27);1H. The van der Waals surface area contributed by atoms with Crippen LogP contribution in [0.25, 0.3) is 0 Å². The van der Waals surface area contributed by atoms with Crippen molar-refractivity contribution in [1.82, 2.24) is 10.6 Å². The second kappa shape index (κ2) is 11.7. The lowest BCUT2D eigenvalue weighted by Gasteiger charge is -2.38. The zero-order chi connectivity index (χ0) is 19.8. The van der Waals surface area contributed by atoms with Crippen LogP contribution in [0.4, 0.5) is 4.39 Å². The summed E-state index contributed by atoms with van der Waals surface area (Å²) in [7, 11) is 1.76. The van der Waals surface area contributed by atoms with Crippen molar-refractivity contribution in [3.8, 4) is 0 Å². The van der Waals surface area contributed by atoms with E-state index in [0.29, 0.717) is 19.8 Å². The Labute approximate surface area is 194 Å². The Balaban J connectivity index is 0.00000300. The van der Waals surface area contributed by atoms with Crippen LogP contribution in [0.2, 0.25) is 5.02 Å². The summed E-state index contributed by atoms with van der Waals surface area (Å²) < 4.78 is 18.9. The van der Waals surface area contributed by atoms with Crippen molar-refractivity contribution in [3.63, 3.8) is 0 Å². The van der Waals surface area contributed by atoms with Gasteiger partial charge in [-0.05, 0) is 48.6 Å². The smallest absolute Gasteiger partial charge is 0.191 e. The van der Waals surface area contributed by atoms with Crippen molar-refractivity contribution in [3.05, 3.63) is 70.5 Å². The van der Waals surface area contributed by atoms with Crippen molar-refractivity contribution in [2.45, 2.75) is 24.7 Å². The van der Waals surface area contributed by atoms with Crippen LogP contribution in [0.3, 0.4) is 0 Å². The third-order valence-corrected chi connectivity index (χ3v) is 5.74. The van der Waals surface area contributed by atoms with Crippen LogP contribution in [-0.2, 0) is 16.6 Å². The summed E-state index contributed by atoms with van der Waals surface area (Å²) in [4.78, 5) is 4.34. The van der Waals surface area contributed by atoms with E-state index in [-0.39, 0.29) is 35.2 Å². The second-order valence-electron chi connectivity index (χ2n) is 7.09. The quantitative estimate of drug-likeness (QED) is 0.327. The van der Waals surface area contributed by atoms with Crippen molar-refractivity contribution >= 4 is 41.5 Å². The minimum absolute atomic E-state index is 0. The molecule has 1 aliphatic rings. The molecular weight excluding hydrogens is 504 g/mol. The average molecular weight is 532 g/mol. The summed E-state index contributed by atoms with van der Waals surface area (Å²) in [6, 6.07) is 14.7. The van der Waals surface area contributed by atoms with Crippen LogP contribution in [-0.4, -0.2) is 39.3 Å². The molecule has 0 bridgehead atoms. The molecule has 0 unspecified atom stereocenters. The van der Waals surface area contributed by atoms with Gasteiger partial charge in [-0.3, -0.25) is 4.99 Å². The zero-order valence-electron chi connectivity index (χ0n) is 16.6. The lowest BCUT2D eigenvalue weighted by atomic mass is 9.74. The molecule has 0 spiro atoms. The number of nitrogens with one attached hydrogen (secondary N) is 2. The molecule has 2 aromatic carbocycles. The first-order valence-electron chi connectivity index (χ1n) is 9.65. The minimum atomic E-state index is -0.212. The third-order valence-electron chi connectivity index (χ3n) is 5.37. The first-order valence-corrected chi connectivity index (χ1v) is 10.0. The SMILES string of the molecule is CN=C(NCCc1ccccc1Cl)NCC1(c2ccc(F)cc2)CCOCC1.I. The molecule has 1 saturated heterocycles. The van der Waals surface area contributed by atoms with Gasteiger partial charge in [0.05, 0.1) is 0 Å². The highest BCUT2D eigenvalue weighted by atomic mass is 127. The van der Waals surface area contributed by atoms with Crippen LogP contribution in [0, 0.1) is 5.82 Å².